The third-order valence-corrected chi connectivity index (χ3v) is 4.10. The molecular weight excluding hydrogens is 272 g/mol. The van der Waals surface area contributed by atoms with Gasteiger partial charge in [0.15, 0.2) is 5.75 Å². The van der Waals surface area contributed by atoms with Crippen LogP contribution < -0.4 is 14.2 Å². The molecule has 0 bridgehead atoms. The standard InChI is InChI=1S/C16H28O3S/c1-5-9-10-11-12-13-14(17-6-2)15(18-7-3)16(20-13)19-8-4/h5-12H2,1-4H3. The van der Waals surface area contributed by atoms with Gasteiger partial charge in [-0.1, -0.05) is 37.5 Å². The van der Waals surface area contributed by atoms with Crippen molar-refractivity contribution in [2.24, 2.45) is 0 Å². The van der Waals surface area contributed by atoms with E-state index in [1.807, 2.05) is 20.8 Å². The zero-order valence-corrected chi connectivity index (χ0v) is 14.1. The maximum absolute atomic E-state index is 5.81. The molecule has 0 saturated carbocycles. The van der Waals surface area contributed by atoms with Crippen LogP contribution in [-0.2, 0) is 6.42 Å². The molecule has 0 aliphatic carbocycles. The van der Waals surface area contributed by atoms with E-state index in [-0.39, 0.29) is 0 Å². The second-order valence-electron chi connectivity index (χ2n) is 4.58. The molecule has 0 aromatic carbocycles. The lowest BCUT2D eigenvalue weighted by Crippen LogP contribution is -1.99. The molecule has 0 amide bonds. The van der Waals surface area contributed by atoms with E-state index < -0.39 is 0 Å². The smallest absolute Gasteiger partial charge is 0.221 e. The average molecular weight is 300 g/mol. The quantitative estimate of drug-likeness (QED) is 0.534. The van der Waals surface area contributed by atoms with Gasteiger partial charge in [0, 0.05) is 0 Å². The molecule has 1 heterocycles. The second kappa shape index (κ2) is 9.92. The van der Waals surface area contributed by atoms with Gasteiger partial charge in [-0.15, -0.1) is 0 Å². The summed E-state index contributed by atoms with van der Waals surface area (Å²) in [6.45, 7) is 10.2. The lowest BCUT2D eigenvalue weighted by molar-refractivity contribution is 0.267. The Bertz CT molecular complexity index is 374. The Labute approximate surface area is 127 Å². The van der Waals surface area contributed by atoms with Gasteiger partial charge in [-0.3, -0.25) is 0 Å². The number of hydrogen-bond acceptors (Lipinski definition) is 4. The summed E-state index contributed by atoms with van der Waals surface area (Å²) in [6, 6.07) is 0. The number of rotatable bonds is 11. The van der Waals surface area contributed by atoms with Gasteiger partial charge >= 0.3 is 0 Å². The van der Waals surface area contributed by atoms with Crippen LogP contribution in [0, 0.1) is 0 Å². The molecule has 0 atom stereocenters. The van der Waals surface area contributed by atoms with Crippen LogP contribution in [0.15, 0.2) is 0 Å². The fraction of sp³-hybridized carbons (Fsp3) is 0.750. The molecule has 1 aromatic rings. The van der Waals surface area contributed by atoms with E-state index in [9.17, 15) is 0 Å². The topological polar surface area (TPSA) is 27.7 Å². The van der Waals surface area contributed by atoms with Crippen LogP contribution in [0.3, 0.4) is 0 Å². The van der Waals surface area contributed by atoms with Gasteiger partial charge in [-0.05, 0) is 33.6 Å². The Balaban J connectivity index is 2.86. The maximum Gasteiger partial charge on any atom is 0.221 e. The highest BCUT2D eigenvalue weighted by molar-refractivity contribution is 7.14. The monoisotopic (exact) mass is 300 g/mol. The fourth-order valence-corrected chi connectivity index (χ4v) is 3.22. The molecule has 0 saturated heterocycles. The Morgan fingerprint density at radius 3 is 2.00 bits per heavy atom. The fourth-order valence-electron chi connectivity index (χ4n) is 2.09. The molecule has 0 fully saturated rings. The Morgan fingerprint density at radius 1 is 0.750 bits per heavy atom. The van der Waals surface area contributed by atoms with Gasteiger partial charge in [-0.25, -0.2) is 0 Å². The third-order valence-electron chi connectivity index (χ3n) is 2.97. The van der Waals surface area contributed by atoms with Gasteiger partial charge in [0.05, 0.1) is 24.7 Å². The van der Waals surface area contributed by atoms with Crippen molar-refractivity contribution < 1.29 is 14.2 Å². The summed E-state index contributed by atoms with van der Waals surface area (Å²) in [5.41, 5.74) is 0. The first-order valence-corrected chi connectivity index (χ1v) is 8.64. The number of thiophene rings is 1. The van der Waals surface area contributed by atoms with Crippen molar-refractivity contribution in [3.8, 4) is 16.6 Å². The number of unbranched alkanes of at least 4 members (excludes halogenated alkanes) is 3. The van der Waals surface area contributed by atoms with E-state index in [1.54, 1.807) is 11.3 Å². The summed E-state index contributed by atoms with van der Waals surface area (Å²) in [5.74, 6) is 1.70. The van der Waals surface area contributed by atoms with Gasteiger partial charge in [0.2, 0.25) is 10.8 Å². The molecule has 20 heavy (non-hydrogen) atoms. The molecule has 1 rings (SSSR count). The molecule has 0 radical (unpaired) electrons. The molecule has 0 N–H and O–H groups in total. The predicted molar refractivity (Wildman–Crippen MR) is 85.7 cm³/mol. The van der Waals surface area contributed by atoms with Crippen molar-refractivity contribution in [1.82, 2.24) is 0 Å². The molecule has 3 nitrogen and oxygen atoms in total. The van der Waals surface area contributed by atoms with E-state index in [2.05, 4.69) is 6.92 Å². The minimum atomic E-state index is 0.631. The van der Waals surface area contributed by atoms with E-state index in [0.717, 1.165) is 23.0 Å². The molecule has 0 spiro atoms. The summed E-state index contributed by atoms with van der Waals surface area (Å²) in [7, 11) is 0. The zero-order valence-electron chi connectivity index (χ0n) is 13.3. The molecule has 1 aromatic heterocycles. The summed E-state index contributed by atoms with van der Waals surface area (Å²) in [5, 5.41) is 0.864. The van der Waals surface area contributed by atoms with Crippen molar-refractivity contribution in [3.05, 3.63) is 4.88 Å². The van der Waals surface area contributed by atoms with Crippen LogP contribution in [0.2, 0.25) is 0 Å². The van der Waals surface area contributed by atoms with Crippen molar-refractivity contribution in [1.29, 1.82) is 0 Å². The lowest BCUT2D eigenvalue weighted by atomic mass is 10.1. The predicted octanol–water partition coefficient (Wildman–Crippen LogP) is 5.07. The van der Waals surface area contributed by atoms with Crippen LogP contribution >= 0.6 is 11.3 Å². The normalized spacial score (nSPS) is 10.6. The van der Waals surface area contributed by atoms with Crippen molar-refractivity contribution in [2.75, 3.05) is 19.8 Å². The van der Waals surface area contributed by atoms with Gasteiger partial charge in [0.25, 0.3) is 0 Å². The van der Waals surface area contributed by atoms with Gasteiger partial charge < -0.3 is 14.2 Å². The SMILES string of the molecule is CCCCCCc1sc(OCC)c(OCC)c1OCC. The molecule has 0 unspecified atom stereocenters. The van der Waals surface area contributed by atoms with Gasteiger partial charge in [-0.2, -0.15) is 0 Å². The Hall–Kier alpha value is -0.900. The largest absolute Gasteiger partial charge is 0.489 e. The minimum absolute atomic E-state index is 0.631. The molecule has 0 aliphatic heterocycles. The number of ether oxygens (including phenoxy) is 3. The lowest BCUT2D eigenvalue weighted by Gasteiger charge is -2.09. The van der Waals surface area contributed by atoms with Crippen LogP contribution in [0.1, 0.15) is 58.3 Å². The number of aryl methyl sites for hydroxylation is 1. The van der Waals surface area contributed by atoms with Gasteiger partial charge in [0.1, 0.15) is 0 Å². The van der Waals surface area contributed by atoms with E-state index in [4.69, 9.17) is 14.2 Å². The Kier molecular flexibility index (Phi) is 8.51. The summed E-state index contributed by atoms with van der Waals surface area (Å²) >= 11 is 1.68. The first-order valence-electron chi connectivity index (χ1n) is 7.82. The molecule has 0 aliphatic rings. The highest BCUT2D eigenvalue weighted by atomic mass is 32.1. The molecule has 4 heteroatoms. The molecule has 116 valence electrons. The summed E-state index contributed by atoms with van der Waals surface area (Å²) < 4.78 is 17.3. The first-order chi connectivity index (χ1) is 9.78. The first kappa shape index (κ1) is 17.2. The zero-order chi connectivity index (χ0) is 14.8. The summed E-state index contributed by atoms with van der Waals surface area (Å²) in [4.78, 5) is 1.26. The van der Waals surface area contributed by atoms with E-state index in [0.29, 0.717) is 19.8 Å². The maximum atomic E-state index is 5.81. The van der Waals surface area contributed by atoms with E-state index in [1.165, 1.54) is 30.6 Å². The highest BCUT2D eigenvalue weighted by Gasteiger charge is 2.21. The van der Waals surface area contributed by atoms with Crippen LogP contribution in [-0.4, -0.2) is 19.8 Å². The van der Waals surface area contributed by atoms with Crippen molar-refractivity contribution in [3.63, 3.8) is 0 Å². The van der Waals surface area contributed by atoms with Crippen molar-refractivity contribution in [2.45, 2.75) is 59.8 Å². The third kappa shape index (κ3) is 4.89. The number of hydrogen-bond donors (Lipinski definition) is 0. The summed E-state index contributed by atoms with van der Waals surface area (Å²) in [6.07, 6.45) is 6.08. The average Bonchev–Trinajstić information content (AvgIpc) is 2.75. The van der Waals surface area contributed by atoms with Crippen LogP contribution in [0.4, 0.5) is 0 Å². The van der Waals surface area contributed by atoms with E-state index >= 15 is 0 Å². The van der Waals surface area contributed by atoms with Crippen LogP contribution in [0.25, 0.3) is 0 Å². The second-order valence-corrected chi connectivity index (χ2v) is 5.65. The minimum Gasteiger partial charge on any atom is -0.489 e. The van der Waals surface area contributed by atoms with Crippen LogP contribution in [0.5, 0.6) is 16.6 Å². The molecular formula is C16H28O3S. The highest BCUT2D eigenvalue weighted by Crippen LogP contribution is 2.48. The van der Waals surface area contributed by atoms with Crippen molar-refractivity contribution >= 4 is 11.3 Å². The Morgan fingerprint density at radius 2 is 1.40 bits per heavy atom.